The van der Waals surface area contributed by atoms with Crippen LogP contribution >= 0.6 is 0 Å². The molecule has 0 N–H and O–H groups in total. The Balaban J connectivity index is 2.16. The molecule has 5 heteroatoms. The number of ether oxygens (including phenoxy) is 2. The molecule has 2 aromatic rings. The predicted octanol–water partition coefficient (Wildman–Crippen LogP) is 3.36. The van der Waals surface area contributed by atoms with Crippen molar-refractivity contribution in [1.29, 1.82) is 0 Å². The van der Waals surface area contributed by atoms with Crippen molar-refractivity contribution < 1.29 is 23.0 Å². The summed E-state index contributed by atoms with van der Waals surface area (Å²) >= 11 is 0. The molecule has 20 heavy (non-hydrogen) atoms. The van der Waals surface area contributed by atoms with Crippen molar-refractivity contribution in [2.75, 3.05) is 7.11 Å². The van der Waals surface area contributed by atoms with Gasteiger partial charge in [0.15, 0.2) is 6.29 Å². The summed E-state index contributed by atoms with van der Waals surface area (Å²) in [7, 11) is 1.48. The molecule has 0 aromatic heterocycles. The second kappa shape index (κ2) is 6.14. The molecular weight excluding hydrogens is 266 g/mol. The average Bonchev–Trinajstić information content (AvgIpc) is 2.46. The lowest BCUT2D eigenvalue weighted by Crippen LogP contribution is -2.01. The zero-order chi connectivity index (χ0) is 14.5. The monoisotopic (exact) mass is 278 g/mol. The van der Waals surface area contributed by atoms with Gasteiger partial charge in [-0.1, -0.05) is 0 Å². The molecule has 0 radical (unpaired) electrons. The van der Waals surface area contributed by atoms with Crippen LogP contribution in [0.5, 0.6) is 11.5 Å². The lowest BCUT2D eigenvalue weighted by Gasteiger charge is -2.10. The zero-order valence-electron chi connectivity index (χ0n) is 10.7. The minimum atomic E-state index is -0.689. The molecule has 0 spiro atoms. The maximum absolute atomic E-state index is 13.4. The summed E-state index contributed by atoms with van der Waals surface area (Å²) in [6.07, 6.45) is 0.624. The molecule has 0 heterocycles. The smallest absolute Gasteiger partial charge is 0.153 e. The standard InChI is InChI=1S/C15H12F2O3/c1-19-13-4-5-15(11(6-13)8-18)20-9-10-2-3-12(16)7-14(10)17/h2-8H,9H2,1H3. The van der Waals surface area contributed by atoms with E-state index in [-0.39, 0.29) is 12.2 Å². The van der Waals surface area contributed by atoms with E-state index >= 15 is 0 Å². The van der Waals surface area contributed by atoms with Crippen molar-refractivity contribution in [2.24, 2.45) is 0 Å². The van der Waals surface area contributed by atoms with Gasteiger partial charge in [0.2, 0.25) is 0 Å². The third-order valence-electron chi connectivity index (χ3n) is 2.74. The molecule has 0 aliphatic heterocycles. The summed E-state index contributed by atoms with van der Waals surface area (Å²) in [6, 6.07) is 7.94. The fraction of sp³-hybridized carbons (Fsp3) is 0.133. The van der Waals surface area contributed by atoms with E-state index in [0.717, 1.165) is 12.1 Å². The van der Waals surface area contributed by atoms with Gasteiger partial charge in [0.25, 0.3) is 0 Å². The largest absolute Gasteiger partial charge is 0.497 e. The minimum Gasteiger partial charge on any atom is -0.497 e. The maximum Gasteiger partial charge on any atom is 0.153 e. The van der Waals surface area contributed by atoms with Gasteiger partial charge in [-0.15, -0.1) is 0 Å². The Labute approximate surface area is 114 Å². The second-order valence-electron chi connectivity index (χ2n) is 4.05. The van der Waals surface area contributed by atoms with Crippen LogP contribution in [0.2, 0.25) is 0 Å². The molecule has 2 aromatic carbocycles. The molecule has 2 rings (SSSR count). The van der Waals surface area contributed by atoms with Gasteiger partial charge in [-0.3, -0.25) is 4.79 Å². The fourth-order valence-electron chi connectivity index (χ4n) is 1.67. The lowest BCUT2D eigenvalue weighted by molar-refractivity contribution is 0.111. The molecule has 0 bridgehead atoms. The molecular formula is C15H12F2O3. The average molecular weight is 278 g/mol. The van der Waals surface area contributed by atoms with Crippen molar-refractivity contribution in [3.05, 3.63) is 59.2 Å². The number of hydrogen-bond acceptors (Lipinski definition) is 3. The molecule has 0 aliphatic rings. The van der Waals surface area contributed by atoms with Crippen LogP contribution in [-0.4, -0.2) is 13.4 Å². The van der Waals surface area contributed by atoms with E-state index < -0.39 is 11.6 Å². The Hall–Kier alpha value is -2.43. The van der Waals surface area contributed by atoms with E-state index in [1.54, 1.807) is 12.1 Å². The van der Waals surface area contributed by atoms with E-state index in [1.807, 2.05) is 0 Å². The molecule has 104 valence electrons. The Morgan fingerprint density at radius 1 is 1.15 bits per heavy atom. The van der Waals surface area contributed by atoms with Gasteiger partial charge < -0.3 is 9.47 Å². The Morgan fingerprint density at radius 3 is 2.60 bits per heavy atom. The van der Waals surface area contributed by atoms with Crippen molar-refractivity contribution in [3.63, 3.8) is 0 Å². The predicted molar refractivity (Wildman–Crippen MR) is 69.1 cm³/mol. The van der Waals surface area contributed by atoms with E-state index in [0.29, 0.717) is 23.3 Å². The van der Waals surface area contributed by atoms with E-state index in [2.05, 4.69) is 0 Å². The van der Waals surface area contributed by atoms with Gasteiger partial charge in [0.05, 0.1) is 12.7 Å². The number of methoxy groups -OCH3 is 1. The first-order chi connectivity index (χ1) is 9.63. The van der Waals surface area contributed by atoms with Crippen molar-refractivity contribution in [3.8, 4) is 11.5 Å². The fourth-order valence-corrected chi connectivity index (χ4v) is 1.67. The van der Waals surface area contributed by atoms with E-state index in [1.165, 1.54) is 19.2 Å². The third kappa shape index (κ3) is 3.12. The van der Waals surface area contributed by atoms with Crippen LogP contribution < -0.4 is 9.47 Å². The Kier molecular flexibility index (Phi) is 4.30. The first-order valence-corrected chi connectivity index (χ1v) is 5.84. The molecule has 0 atom stereocenters. The van der Waals surface area contributed by atoms with Crippen LogP contribution in [0.3, 0.4) is 0 Å². The molecule has 3 nitrogen and oxygen atoms in total. The highest BCUT2D eigenvalue weighted by Crippen LogP contribution is 2.24. The maximum atomic E-state index is 13.4. The van der Waals surface area contributed by atoms with E-state index in [4.69, 9.17) is 9.47 Å². The number of halogens is 2. The summed E-state index contributed by atoms with van der Waals surface area (Å²) in [5, 5.41) is 0. The highest BCUT2D eigenvalue weighted by atomic mass is 19.1. The van der Waals surface area contributed by atoms with Crippen LogP contribution in [0, 0.1) is 11.6 Å². The third-order valence-corrected chi connectivity index (χ3v) is 2.74. The highest BCUT2D eigenvalue weighted by molar-refractivity contribution is 5.80. The molecule has 0 aliphatic carbocycles. The molecule has 0 amide bonds. The minimum absolute atomic E-state index is 0.0979. The molecule has 0 fully saturated rings. The first kappa shape index (κ1) is 14.0. The number of carbonyl (C=O) groups is 1. The van der Waals surface area contributed by atoms with Crippen molar-refractivity contribution >= 4 is 6.29 Å². The first-order valence-electron chi connectivity index (χ1n) is 5.84. The second-order valence-corrected chi connectivity index (χ2v) is 4.05. The molecule has 0 saturated carbocycles. The zero-order valence-corrected chi connectivity index (χ0v) is 10.7. The topological polar surface area (TPSA) is 35.5 Å². The normalized spacial score (nSPS) is 10.2. The van der Waals surface area contributed by atoms with Crippen molar-refractivity contribution in [1.82, 2.24) is 0 Å². The molecule has 0 saturated heterocycles. The highest BCUT2D eigenvalue weighted by Gasteiger charge is 2.08. The Bertz CT molecular complexity index is 627. The van der Waals surface area contributed by atoms with E-state index in [9.17, 15) is 13.6 Å². The van der Waals surface area contributed by atoms with Gasteiger partial charge in [0, 0.05) is 11.6 Å². The summed E-state index contributed by atoms with van der Waals surface area (Å²) in [5.74, 6) is -0.507. The van der Waals surface area contributed by atoms with Crippen molar-refractivity contribution in [2.45, 2.75) is 6.61 Å². The van der Waals surface area contributed by atoms with Crippen LogP contribution in [-0.2, 0) is 6.61 Å². The van der Waals surface area contributed by atoms with Crippen LogP contribution in [0.4, 0.5) is 8.78 Å². The Morgan fingerprint density at radius 2 is 1.95 bits per heavy atom. The lowest BCUT2D eigenvalue weighted by atomic mass is 10.2. The number of benzene rings is 2. The summed E-state index contributed by atoms with van der Waals surface area (Å²) < 4.78 is 36.6. The van der Waals surface area contributed by atoms with Gasteiger partial charge >= 0.3 is 0 Å². The van der Waals surface area contributed by atoms with Crippen LogP contribution in [0.1, 0.15) is 15.9 Å². The van der Waals surface area contributed by atoms with Gasteiger partial charge in [-0.05, 0) is 30.3 Å². The summed E-state index contributed by atoms with van der Waals surface area (Å²) in [5.41, 5.74) is 0.505. The number of rotatable bonds is 5. The van der Waals surface area contributed by atoms with Crippen LogP contribution in [0.15, 0.2) is 36.4 Å². The number of hydrogen-bond donors (Lipinski definition) is 0. The molecule has 0 unspecified atom stereocenters. The number of carbonyl (C=O) groups excluding carboxylic acids is 1. The number of aldehydes is 1. The quantitative estimate of drug-likeness (QED) is 0.787. The van der Waals surface area contributed by atoms with Crippen LogP contribution in [0.25, 0.3) is 0 Å². The van der Waals surface area contributed by atoms with Gasteiger partial charge in [-0.2, -0.15) is 0 Å². The van der Waals surface area contributed by atoms with Gasteiger partial charge in [-0.25, -0.2) is 8.78 Å². The summed E-state index contributed by atoms with van der Waals surface area (Å²) in [4.78, 5) is 11.0. The SMILES string of the molecule is COc1ccc(OCc2ccc(F)cc2F)c(C=O)c1. The van der Waals surface area contributed by atoms with Gasteiger partial charge in [0.1, 0.15) is 29.7 Å². The summed E-state index contributed by atoms with van der Waals surface area (Å²) in [6.45, 7) is -0.0979.